The Morgan fingerprint density at radius 3 is 2.55 bits per heavy atom. The molecule has 2 atom stereocenters. The van der Waals surface area contributed by atoms with Gasteiger partial charge in [0.05, 0.1) is 13.0 Å². The summed E-state index contributed by atoms with van der Waals surface area (Å²) >= 11 is 1.31. The van der Waals surface area contributed by atoms with E-state index in [9.17, 15) is 19.2 Å². The van der Waals surface area contributed by atoms with Crippen LogP contribution in [0.15, 0.2) is 34.2 Å². The summed E-state index contributed by atoms with van der Waals surface area (Å²) in [7, 11) is 0. The molecule has 0 saturated carbocycles. The van der Waals surface area contributed by atoms with E-state index in [0.717, 1.165) is 10.5 Å². The highest BCUT2D eigenvalue weighted by atomic mass is 32.2. The smallest absolute Gasteiger partial charge is 0.243 e. The number of thioether (sulfide) groups is 1. The number of nitrogens with two attached hydrogens (primary N) is 3. The first kappa shape index (κ1) is 24.0. The quantitative estimate of drug-likeness (QED) is 0.169. The number of benzene rings is 1. The maximum Gasteiger partial charge on any atom is 0.243 e. The predicted octanol–water partition coefficient (Wildman–Crippen LogP) is -2.04. The summed E-state index contributed by atoms with van der Waals surface area (Å²) in [6, 6.07) is 5.42. The van der Waals surface area contributed by atoms with Crippen LogP contribution in [0, 0.1) is 0 Å². The number of guanidine groups is 1. The van der Waals surface area contributed by atoms with Crippen LogP contribution in [0.1, 0.15) is 18.4 Å². The van der Waals surface area contributed by atoms with Gasteiger partial charge in [0.15, 0.2) is 5.96 Å². The van der Waals surface area contributed by atoms with Gasteiger partial charge in [-0.3, -0.25) is 24.2 Å². The van der Waals surface area contributed by atoms with Crippen molar-refractivity contribution in [3.8, 4) is 0 Å². The zero-order valence-corrected chi connectivity index (χ0v) is 17.7. The minimum atomic E-state index is -0.922. The van der Waals surface area contributed by atoms with Gasteiger partial charge < -0.3 is 33.2 Å². The molecular weight excluding hydrogens is 422 g/mol. The Morgan fingerprint density at radius 2 is 1.84 bits per heavy atom. The fourth-order valence-electron chi connectivity index (χ4n) is 2.89. The van der Waals surface area contributed by atoms with Gasteiger partial charge in [0, 0.05) is 17.2 Å². The number of primary amides is 1. The second-order valence-corrected chi connectivity index (χ2v) is 7.97. The van der Waals surface area contributed by atoms with Crippen LogP contribution in [0.2, 0.25) is 0 Å². The van der Waals surface area contributed by atoms with Gasteiger partial charge in [0.25, 0.3) is 0 Å². The lowest BCUT2D eigenvalue weighted by Gasteiger charge is -2.21. The first-order valence-electron chi connectivity index (χ1n) is 9.68. The van der Waals surface area contributed by atoms with Gasteiger partial charge in [-0.15, -0.1) is 11.8 Å². The molecule has 1 aliphatic heterocycles. The zero-order chi connectivity index (χ0) is 22.8. The van der Waals surface area contributed by atoms with Crippen molar-refractivity contribution in [2.75, 3.05) is 18.8 Å². The van der Waals surface area contributed by atoms with Crippen molar-refractivity contribution >= 4 is 41.4 Å². The third-order valence-corrected chi connectivity index (χ3v) is 5.64. The third kappa shape index (κ3) is 8.16. The summed E-state index contributed by atoms with van der Waals surface area (Å²) in [5, 5.41) is 7.72. The maximum atomic E-state index is 12.6. The third-order valence-electron chi connectivity index (χ3n) is 4.43. The van der Waals surface area contributed by atoms with E-state index in [1.807, 2.05) is 12.1 Å². The number of nitrogens with one attached hydrogen (secondary N) is 3. The molecule has 1 aliphatic rings. The highest BCUT2D eigenvalue weighted by Gasteiger charge is 2.24. The molecule has 0 spiro atoms. The van der Waals surface area contributed by atoms with E-state index in [0.29, 0.717) is 13.0 Å². The van der Waals surface area contributed by atoms with Gasteiger partial charge in [-0.05, 0) is 24.5 Å². The molecule has 1 aromatic rings. The molecule has 12 heteroatoms. The summed E-state index contributed by atoms with van der Waals surface area (Å²) in [5.41, 5.74) is 16.7. The normalized spacial score (nSPS) is 20.3. The average Bonchev–Trinajstić information content (AvgIpc) is 2.71. The van der Waals surface area contributed by atoms with Crippen molar-refractivity contribution in [2.24, 2.45) is 22.2 Å². The predicted molar refractivity (Wildman–Crippen MR) is 117 cm³/mol. The molecule has 0 radical (unpaired) electrons. The van der Waals surface area contributed by atoms with E-state index in [1.165, 1.54) is 11.8 Å². The number of aliphatic imine (C=N–C) groups is 1. The molecule has 1 heterocycles. The van der Waals surface area contributed by atoms with Crippen LogP contribution in [0.5, 0.6) is 0 Å². The van der Waals surface area contributed by atoms with Crippen LogP contribution >= 0.6 is 11.8 Å². The van der Waals surface area contributed by atoms with Crippen molar-refractivity contribution in [3.05, 3.63) is 29.8 Å². The second kappa shape index (κ2) is 11.8. The molecule has 0 unspecified atom stereocenters. The molecule has 1 aromatic carbocycles. The molecule has 2 rings (SSSR count). The van der Waals surface area contributed by atoms with Crippen LogP contribution in [-0.4, -0.2) is 60.5 Å². The number of rotatable bonds is 5. The minimum Gasteiger partial charge on any atom is -0.370 e. The van der Waals surface area contributed by atoms with Gasteiger partial charge in [-0.25, -0.2) is 0 Å². The Bertz CT molecular complexity index is 857. The molecule has 0 aliphatic carbocycles. The van der Waals surface area contributed by atoms with E-state index in [-0.39, 0.29) is 37.0 Å². The monoisotopic (exact) mass is 449 g/mol. The topological polar surface area (TPSA) is 195 Å². The fourth-order valence-corrected chi connectivity index (χ4v) is 3.98. The highest BCUT2D eigenvalue weighted by molar-refractivity contribution is 7.99. The standard InChI is InChI=1S/C19H27N7O4S/c20-17(29)13-10-31-14-6-2-1-4-11(14)8-15(27)25-12(5-3-7-23-19(21)22)18(30)24-9-16(28)26-13/h1-2,4,6,12-13H,3,5,7-10H2,(H2,20,29)(H,24,30)(H,25,27)(H,26,28)(H4,21,22,23)/t12-,13-/m0/s1. The molecule has 168 valence electrons. The van der Waals surface area contributed by atoms with E-state index in [1.54, 1.807) is 12.1 Å². The number of carbonyl (C=O) groups is 4. The van der Waals surface area contributed by atoms with E-state index < -0.39 is 29.8 Å². The first-order valence-corrected chi connectivity index (χ1v) is 10.7. The summed E-state index contributed by atoms with van der Waals surface area (Å²) in [6.07, 6.45) is 0.767. The van der Waals surface area contributed by atoms with Gasteiger partial charge in [0.2, 0.25) is 23.6 Å². The Kier molecular flexibility index (Phi) is 9.13. The van der Waals surface area contributed by atoms with E-state index >= 15 is 0 Å². The molecular formula is C19H27N7O4S. The van der Waals surface area contributed by atoms with Crippen LogP contribution in [0.4, 0.5) is 0 Å². The number of amides is 4. The molecule has 4 amide bonds. The highest BCUT2D eigenvalue weighted by Crippen LogP contribution is 2.24. The van der Waals surface area contributed by atoms with Gasteiger partial charge in [-0.1, -0.05) is 18.2 Å². The summed E-state index contributed by atoms with van der Waals surface area (Å²) in [4.78, 5) is 53.8. The van der Waals surface area contributed by atoms with Crippen molar-refractivity contribution in [1.29, 1.82) is 0 Å². The average molecular weight is 450 g/mol. The van der Waals surface area contributed by atoms with Crippen molar-refractivity contribution < 1.29 is 19.2 Å². The lowest BCUT2D eigenvalue weighted by atomic mass is 10.1. The summed E-state index contributed by atoms with van der Waals surface area (Å²) in [5.74, 6) is -1.98. The number of carbonyl (C=O) groups excluding carboxylic acids is 4. The SMILES string of the molecule is NC(=O)[C@@H]1CSc2ccccc2CC(=O)N[C@@H](CCCN=C(N)N)C(=O)NCC(=O)N1. The Balaban J connectivity index is 2.21. The second-order valence-electron chi connectivity index (χ2n) is 6.90. The summed E-state index contributed by atoms with van der Waals surface area (Å²) < 4.78 is 0. The summed E-state index contributed by atoms with van der Waals surface area (Å²) in [6.45, 7) is -0.0631. The molecule has 0 aromatic heterocycles. The van der Waals surface area contributed by atoms with Crippen LogP contribution in [0.25, 0.3) is 0 Å². The molecule has 0 bridgehead atoms. The van der Waals surface area contributed by atoms with E-state index in [2.05, 4.69) is 20.9 Å². The van der Waals surface area contributed by atoms with Crippen LogP contribution in [-0.2, 0) is 25.6 Å². The number of nitrogens with zero attached hydrogens (tertiary/aromatic N) is 1. The number of fused-ring (bicyclic) bond motifs is 1. The zero-order valence-electron chi connectivity index (χ0n) is 16.9. The van der Waals surface area contributed by atoms with Crippen molar-refractivity contribution in [3.63, 3.8) is 0 Å². The Hall–Kier alpha value is -3.28. The number of hydrogen-bond acceptors (Lipinski definition) is 6. The molecule has 0 saturated heterocycles. The Morgan fingerprint density at radius 1 is 1.10 bits per heavy atom. The molecule has 0 fully saturated rings. The molecule has 31 heavy (non-hydrogen) atoms. The van der Waals surface area contributed by atoms with Crippen LogP contribution in [0.3, 0.4) is 0 Å². The minimum absolute atomic E-state index is 0.0501. The molecule has 9 N–H and O–H groups in total. The maximum absolute atomic E-state index is 12.6. The van der Waals surface area contributed by atoms with Crippen molar-refractivity contribution in [1.82, 2.24) is 16.0 Å². The largest absolute Gasteiger partial charge is 0.370 e. The van der Waals surface area contributed by atoms with E-state index in [4.69, 9.17) is 17.2 Å². The lowest BCUT2D eigenvalue weighted by molar-refractivity contribution is -0.131. The fraction of sp³-hybridized carbons (Fsp3) is 0.421. The van der Waals surface area contributed by atoms with Gasteiger partial charge in [-0.2, -0.15) is 0 Å². The first-order chi connectivity index (χ1) is 14.8. The lowest BCUT2D eigenvalue weighted by Crippen LogP contribution is -2.52. The molecule has 11 nitrogen and oxygen atoms in total. The van der Waals surface area contributed by atoms with Gasteiger partial charge in [0.1, 0.15) is 12.1 Å². The van der Waals surface area contributed by atoms with Crippen molar-refractivity contribution in [2.45, 2.75) is 36.2 Å². The van der Waals surface area contributed by atoms with Crippen LogP contribution < -0.4 is 33.2 Å². The Labute approximate surface area is 184 Å². The van der Waals surface area contributed by atoms with Gasteiger partial charge >= 0.3 is 0 Å². The number of hydrogen-bond donors (Lipinski definition) is 6.